The number of nitrogens with zero attached hydrogens (tertiary/aromatic N) is 1. The Morgan fingerprint density at radius 1 is 1.40 bits per heavy atom. The molecule has 1 rings (SSSR count). The number of hydrogen-bond donors (Lipinski definition) is 0. The van der Waals surface area contributed by atoms with Gasteiger partial charge in [-0.05, 0) is 19.1 Å². The van der Waals surface area contributed by atoms with Crippen LogP contribution in [0.1, 0.15) is 6.92 Å². The highest BCUT2D eigenvalue weighted by molar-refractivity contribution is 5.90. The Morgan fingerprint density at radius 2 is 2.07 bits per heavy atom. The number of carbonyl (C=O) groups is 2. The molecule has 1 amide bonds. The molecule has 0 aromatic heterocycles. The van der Waals surface area contributed by atoms with Gasteiger partial charge >= 0.3 is 6.09 Å². The summed E-state index contributed by atoms with van der Waals surface area (Å²) in [6.45, 7) is 2.02. The molecule has 0 spiro atoms. The van der Waals surface area contributed by atoms with E-state index in [0.717, 1.165) is 0 Å². The van der Waals surface area contributed by atoms with Crippen molar-refractivity contribution in [1.82, 2.24) is 0 Å². The largest absolute Gasteiger partial charge is 0.449 e. The Hall–Kier alpha value is -1.84. The van der Waals surface area contributed by atoms with Crippen LogP contribution in [-0.4, -0.2) is 25.5 Å². The molecule has 0 aliphatic heterocycles. The van der Waals surface area contributed by atoms with Crippen LogP contribution < -0.4 is 4.90 Å². The van der Waals surface area contributed by atoms with Gasteiger partial charge in [0.15, 0.2) is 0 Å². The number of para-hydroxylation sites is 1. The molecule has 0 bridgehead atoms. The fraction of sp³-hybridized carbons (Fsp3) is 0.273. The maximum atomic E-state index is 11.5. The van der Waals surface area contributed by atoms with E-state index in [1.165, 1.54) is 4.90 Å². The van der Waals surface area contributed by atoms with Crippen LogP contribution in [0.15, 0.2) is 30.3 Å². The topological polar surface area (TPSA) is 46.6 Å². The zero-order valence-corrected chi connectivity index (χ0v) is 8.55. The average molecular weight is 207 g/mol. The summed E-state index contributed by atoms with van der Waals surface area (Å²) in [5, 5.41) is 0. The van der Waals surface area contributed by atoms with Gasteiger partial charge in [-0.3, -0.25) is 4.90 Å². The second-order valence-electron chi connectivity index (χ2n) is 2.81. The van der Waals surface area contributed by atoms with Gasteiger partial charge in [-0.25, -0.2) is 4.79 Å². The normalized spacial score (nSPS) is 9.40. The lowest BCUT2D eigenvalue weighted by atomic mass is 10.3. The Balaban J connectivity index is 2.82. The van der Waals surface area contributed by atoms with Crippen LogP contribution in [0.25, 0.3) is 0 Å². The van der Waals surface area contributed by atoms with Crippen molar-refractivity contribution in [2.45, 2.75) is 6.92 Å². The molecule has 0 saturated carbocycles. The first-order valence-corrected chi connectivity index (χ1v) is 4.72. The number of hydrogen-bond acceptors (Lipinski definition) is 3. The number of ether oxygens (including phenoxy) is 1. The fourth-order valence-electron chi connectivity index (χ4n) is 1.17. The minimum atomic E-state index is -0.504. The van der Waals surface area contributed by atoms with Gasteiger partial charge < -0.3 is 9.53 Å². The van der Waals surface area contributed by atoms with Gasteiger partial charge in [0, 0.05) is 5.69 Å². The van der Waals surface area contributed by atoms with Crippen molar-refractivity contribution in [2.24, 2.45) is 0 Å². The number of anilines is 1. The highest BCUT2D eigenvalue weighted by Crippen LogP contribution is 2.13. The SMILES string of the molecule is CCOC(=O)N(CC=O)c1ccccc1. The van der Waals surface area contributed by atoms with E-state index in [-0.39, 0.29) is 6.54 Å². The third-order valence-electron chi connectivity index (χ3n) is 1.81. The first-order chi connectivity index (χ1) is 7.29. The first-order valence-electron chi connectivity index (χ1n) is 4.72. The van der Waals surface area contributed by atoms with Gasteiger partial charge in [-0.15, -0.1) is 0 Å². The van der Waals surface area contributed by atoms with E-state index in [2.05, 4.69) is 0 Å². The van der Waals surface area contributed by atoms with Crippen molar-refractivity contribution < 1.29 is 14.3 Å². The lowest BCUT2D eigenvalue weighted by Crippen LogP contribution is -2.33. The van der Waals surface area contributed by atoms with E-state index < -0.39 is 6.09 Å². The molecule has 4 nitrogen and oxygen atoms in total. The molecular formula is C11H13NO3. The Morgan fingerprint density at radius 3 is 2.60 bits per heavy atom. The average Bonchev–Trinajstić information content (AvgIpc) is 2.27. The second kappa shape index (κ2) is 5.80. The summed E-state index contributed by atoms with van der Waals surface area (Å²) in [7, 11) is 0. The van der Waals surface area contributed by atoms with Gasteiger partial charge in [0.1, 0.15) is 6.29 Å². The Labute approximate surface area is 88.5 Å². The van der Waals surface area contributed by atoms with Crippen LogP contribution in [0, 0.1) is 0 Å². The number of aldehydes is 1. The molecule has 0 saturated heterocycles. The summed E-state index contributed by atoms with van der Waals surface area (Å²) >= 11 is 0. The third kappa shape index (κ3) is 3.09. The third-order valence-corrected chi connectivity index (χ3v) is 1.81. The van der Waals surface area contributed by atoms with E-state index in [4.69, 9.17) is 4.74 Å². The number of amides is 1. The number of carbonyl (C=O) groups excluding carboxylic acids is 2. The minimum Gasteiger partial charge on any atom is -0.449 e. The Kier molecular flexibility index (Phi) is 4.34. The molecule has 0 fully saturated rings. The lowest BCUT2D eigenvalue weighted by molar-refractivity contribution is -0.106. The second-order valence-corrected chi connectivity index (χ2v) is 2.81. The summed E-state index contributed by atoms with van der Waals surface area (Å²) in [6, 6.07) is 8.94. The maximum absolute atomic E-state index is 11.5. The van der Waals surface area contributed by atoms with E-state index in [1.54, 1.807) is 31.2 Å². The van der Waals surface area contributed by atoms with Crippen molar-refractivity contribution in [3.05, 3.63) is 30.3 Å². The fourth-order valence-corrected chi connectivity index (χ4v) is 1.17. The summed E-state index contributed by atoms with van der Waals surface area (Å²) in [5.74, 6) is 0. The van der Waals surface area contributed by atoms with Gasteiger partial charge in [-0.2, -0.15) is 0 Å². The van der Waals surface area contributed by atoms with E-state index in [0.29, 0.717) is 18.6 Å². The van der Waals surface area contributed by atoms with Gasteiger partial charge in [0.25, 0.3) is 0 Å². The maximum Gasteiger partial charge on any atom is 0.414 e. The highest BCUT2D eigenvalue weighted by atomic mass is 16.6. The molecule has 0 atom stereocenters. The quantitative estimate of drug-likeness (QED) is 0.708. The summed E-state index contributed by atoms with van der Waals surface area (Å²) in [4.78, 5) is 23.2. The van der Waals surface area contributed by atoms with Crippen LogP contribution in [0.2, 0.25) is 0 Å². The molecule has 0 unspecified atom stereocenters. The lowest BCUT2D eigenvalue weighted by Gasteiger charge is -2.18. The molecule has 0 heterocycles. The molecule has 1 aromatic carbocycles. The molecule has 4 heteroatoms. The van der Waals surface area contributed by atoms with Gasteiger partial charge in [-0.1, -0.05) is 18.2 Å². The van der Waals surface area contributed by atoms with Crippen molar-refractivity contribution in [3.8, 4) is 0 Å². The molecule has 0 aliphatic rings. The zero-order chi connectivity index (χ0) is 11.1. The van der Waals surface area contributed by atoms with Crippen molar-refractivity contribution in [3.63, 3.8) is 0 Å². The van der Waals surface area contributed by atoms with E-state index in [1.807, 2.05) is 6.07 Å². The van der Waals surface area contributed by atoms with Crippen LogP contribution in [0.5, 0.6) is 0 Å². The van der Waals surface area contributed by atoms with Crippen LogP contribution in [0.4, 0.5) is 10.5 Å². The summed E-state index contributed by atoms with van der Waals surface area (Å²) < 4.78 is 4.84. The van der Waals surface area contributed by atoms with Crippen molar-refractivity contribution in [1.29, 1.82) is 0 Å². The molecule has 0 aliphatic carbocycles. The minimum absolute atomic E-state index is 0.00282. The first kappa shape index (κ1) is 11.2. The van der Waals surface area contributed by atoms with Crippen LogP contribution >= 0.6 is 0 Å². The van der Waals surface area contributed by atoms with Crippen molar-refractivity contribution >= 4 is 18.1 Å². The van der Waals surface area contributed by atoms with Crippen LogP contribution in [-0.2, 0) is 9.53 Å². The number of benzene rings is 1. The van der Waals surface area contributed by atoms with Gasteiger partial charge in [0.2, 0.25) is 0 Å². The smallest absolute Gasteiger partial charge is 0.414 e. The number of rotatable bonds is 4. The molecule has 15 heavy (non-hydrogen) atoms. The summed E-state index contributed by atoms with van der Waals surface area (Å²) in [5.41, 5.74) is 0.656. The zero-order valence-electron chi connectivity index (χ0n) is 8.55. The molecule has 80 valence electrons. The molecule has 1 aromatic rings. The summed E-state index contributed by atoms with van der Waals surface area (Å²) in [6.07, 6.45) is 0.167. The van der Waals surface area contributed by atoms with Gasteiger partial charge in [0.05, 0.1) is 13.2 Å². The monoisotopic (exact) mass is 207 g/mol. The highest BCUT2D eigenvalue weighted by Gasteiger charge is 2.15. The standard InChI is InChI=1S/C11H13NO3/c1-2-15-11(14)12(8-9-13)10-6-4-3-5-7-10/h3-7,9H,2,8H2,1H3. The Bertz CT molecular complexity index is 324. The van der Waals surface area contributed by atoms with Crippen molar-refractivity contribution in [2.75, 3.05) is 18.1 Å². The predicted molar refractivity (Wildman–Crippen MR) is 56.9 cm³/mol. The molecular weight excluding hydrogens is 194 g/mol. The van der Waals surface area contributed by atoms with E-state index in [9.17, 15) is 9.59 Å². The molecule has 0 radical (unpaired) electrons. The van der Waals surface area contributed by atoms with E-state index >= 15 is 0 Å². The van der Waals surface area contributed by atoms with Crippen LogP contribution in [0.3, 0.4) is 0 Å². The predicted octanol–water partition coefficient (Wildman–Crippen LogP) is 1.85. The molecule has 0 N–H and O–H groups in total.